The molecule has 0 spiro atoms. The summed E-state index contributed by atoms with van der Waals surface area (Å²) in [4.78, 5) is 1.13. The van der Waals surface area contributed by atoms with E-state index in [9.17, 15) is 13.0 Å². The standard InChI is InChI=1S/C14H23NO5S/c1-4-20-13-7-6-12(10-14(13)19-3)11-15(2)8-5-9-21(16,17)18/h6-7,10H,4-5,8-9,11H2,1-3H3,(H,16,17,18). The molecule has 6 nitrogen and oxygen atoms in total. The van der Waals surface area contributed by atoms with Crippen molar-refractivity contribution in [1.82, 2.24) is 0 Å². The highest BCUT2D eigenvalue weighted by atomic mass is 32.2. The number of benzene rings is 1. The lowest BCUT2D eigenvalue weighted by atomic mass is 10.2. The van der Waals surface area contributed by atoms with Gasteiger partial charge in [0, 0.05) is 17.7 Å². The Morgan fingerprint density at radius 3 is 2.57 bits per heavy atom. The number of methoxy groups -OCH3 is 1. The first kappa shape index (κ1) is 17.7. The van der Waals surface area contributed by atoms with Crippen molar-refractivity contribution in [3.8, 4) is 11.5 Å². The molecule has 0 fully saturated rings. The van der Waals surface area contributed by atoms with Gasteiger partial charge in [-0.3, -0.25) is 0 Å². The van der Waals surface area contributed by atoms with Gasteiger partial charge < -0.3 is 18.9 Å². The van der Waals surface area contributed by atoms with Crippen molar-refractivity contribution in [2.24, 2.45) is 0 Å². The molecule has 0 aliphatic carbocycles. The summed E-state index contributed by atoms with van der Waals surface area (Å²) in [7, 11) is -0.562. The van der Waals surface area contributed by atoms with E-state index in [4.69, 9.17) is 9.47 Å². The molecule has 7 heteroatoms. The summed E-state index contributed by atoms with van der Waals surface area (Å²) >= 11 is 0. The van der Waals surface area contributed by atoms with Crippen LogP contribution in [0.15, 0.2) is 18.2 Å². The monoisotopic (exact) mass is 317 g/mol. The number of rotatable bonds is 9. The minimum absolute atomic E-state index is 0.309. The van der Waals surface area contributed by atoms with Crippen LogP contribution in [-0.2, 0) is 16.7 Å². The zero-order valence-corrected chi connectivity index (χ0v) is 13.5. The summed E-state index contributed by atoms with van der Waals surface area (Å²) in [6, 6.07) is 5.74. The SMILES string of the molecule is CCOc1ccc(C[NH+](C)CCCS(=O)(=O)[O-])cc1OC. The third-order valence-corrected chi connectivity index (χ3v) is 3.82. The molecule has 0 aromatic heterocycles. The lowest BCUT2D eigenvalue weighted by molar-refractivity contribution is -0.893. The van der Waals surface area contributed by atoms with Crippen LogP contribution in [0.5, 0.6) is 11.5 Å². The topological polar surface area (TPSA) is 80.1 Å². The van der Waals surface area contributed by atoms with Gasteiger partial charge in [-0.05, 0) is 25.1 Å². The Balaban J connectivity index is 2.57. The van der Waals surface area contributed by atoms with Crippen LogP contribution in [0.4, 0.5) is 0 Å². The van der Waals surface area contributed by atoms with Crippen molar-refractivity contribution < 1.29 is 27.3 Å². The van der Waals surface area contributed by atoms with Crippen molar-refractivity contribution >= 4 is 10.1 Å². The van der Waals surface area contributed by atoms with E-state index in [1.807, 2.05) is 32.2 Å². The molecule has 0 saturated carbocycles. The number of hydrogen-bond acceptors (Lipinski definition) is 5. The number of ether oxygens (including phenoxy) is 2. The van der Waals surface area contributed by atoms with Gasteiger partial charge in [0.2, 0.25) is 0 Å². The highest BCUT2D eigenvalue weighted by Gasteiger charge is 2.09. The molecule has 0 amide bonds. The third kappa shape index (κ3) is 6.79. The molecule has 1 atom stereocenters. The van der Waals surface area contributed by atoms with Gasteiger partial charge in [0.05, 0.1) is 37.4 Å². The van der Waals surface area contributed by atoms with Gasteiger partial charge in [-0.2, -0.15) is 0 Å². The van der Waals surface area contributed by atoms with Crippen molar-refractivity contribution in [3.05, 3.63) is 23.8 Å². The summed E-state index contributed by atoms with van der Waals surface area (Å²) in [5, 5.41) is 0. The molecule has 1 N–H and O–H groups in total. The maximum atomic E-state index is 10.6. The average Bonchev–Trinajstić information content (AvgIpc) is 2.39. The molecule has 1 aromatic rings. The van der Waals surface area contributed by atoms with Crippen LogP contribution >= 0.6 is 0 Å². The molecule has 1 rings (SSSR count). The van der Waals surface area contributed by atoms with Crippen LogP contribution in [0.2, 0.25) is 0 Å². The average molecular weight is 317 g/mol. The van der Waals surface area contributed by atoms with E-state index in [1.165, 1.54) is 0 Å². The Hall–Kier alpha value is -1.31. The molecular weight excluding hydrogens is 294 g/mol. The number of nitrogens with one attached hydrogen (secondary N) is 1. The molecule has 1 unspecified atom stereocenters. The normalized spacial score (nSPS) is 13.0. The fourth-order valence-corrected chi connectivity index (χ4v) is 2.58. The van der Waals surface area contributed by atoms with Crippen molar-refractivity contribution in [1.29, 1.82) is 0 Å². The van der Waals surface area contributed by atoms with E-state index >= 15 is 0 Å². The first-order valence-corrected chi connectivity index (χ1v) is 8.48. The van der Waals surface area contributed by atoms with E-state index in [0.717, 1.165) is 17.0 Å². The van der Waals surface area contributed by atoms with E-state index < -0.39 is 10.1 Å². The van der Waals surface area contributed by atoms with Crippen LogP contribution in [0, 0.1) is 0 Å². The van der Waals surface area contributed by atoms with Gasteiger partial charge in [-0.15, -0.1) is 0 Å². The molecule has 0 radical (unpaired) electrons. The fourth-order valence-electron chi connectivity index (χ4n) is 2.08. The molecule has 0 heterocycles. The maximum absolute atomic E-state index is 10.6. The van der Waals surface area contributed by atoms with Crippen molar-refractivity contribution in [3.63, 3.8) is 0 Å². The number of hydrogen-bond donors (Lipinski definition) is 1. The van der Waals surface area contributed by atoms with Crippen molar-refractivity contribution in [2.45, 2.75) is 19.9 Å². The van der Waals surface area contributed by atoms with Gasteiger partial charge in [-0.1, -0.05) is 0 Å². The van der Waals surface area contributed by atoms with Gasteiger partial charge >= 0.3 is 0 Å². The Morgan fingerprint density at radius 1 is 1.29 bits per heavy atom. The molecule has 0 saturated heterocycles. The zero-order valence-electron chi connectivity index (χ0n) is 12.7. The molecule has 0 aliphatic heterocycles. The molecule has 21 heavy (non-hydrogen) atoms. The minimum Gasteiger partial charge on any atom is -0.748 e. The quantitative estimate of drug-likeness (QED) is 0.651. The van der Waals surface area contributed by atoms with Crippen LogP contribution in [0.1, 0.15) is 18.9 Å². The zero-order chi connectivity index (χ0) is 15.9. The molecule has 0 bridgehead atoms. The van der Waals surface area contributed by atoms with Gasteiger partial charge in [0.15, 0.2) is 11.5 Å². The Labute approximate surface area is 126 Å². The third-order valence-electron chi connectivity index (χ3n) is 3.03. The molecular formula is C14H23NO5S. The Morgan fingerprint density at radius 2 is 2.00 bits per heavy atom. The van der Waals surface area contributed by atoms with E-state index in [-0.39, 0.29) is 5.75 Å². The summed E-state index contributed by atoms with van der Waals surface area (Å²) in [6.07, 6.45) is 0.367. The summed E-state index contributed by atoms with van der Waals surface area (Å²) in [5.74, 6) is 1.08. The van der Waals surface area contributed by atoms with Gasteiger partial charge in [0.1, 0.15) is 6.54 Å². The van der Waals surface area contributed by atoms with Crippen LogP contribution in [-0.4, -0.2) is 46.0 Å². The Kier molecular flexibility index (Phi) is 6.94. The Bertz CT molecular complexity index is 544. The van der Waals surface area contributed by atoms with E-state index in [0.29, 0.717) is 31.1 Å². The lowest BCUT2D eigenvalue weighted by Crippen LogP contribution is -3.07. The highest BCUT2D eigenvalue weighted by Crippen LogP contribution is 2.27. The second-order valence-corrected chi connectivity index (χ2v) is 6.44. The largest absolute Gasteiger partial charge is 0.748 e. The minimum atomic E-state index is -4.12. The van der Waals surface area contributed by atoms with Crippen LogP contribution in [0.3, 0.4) is 0 Å². The summed E-state index contributed by atoms with van der Waals surface area (Å²) < 4.78 is 42.4. The lowest BCUT2D eigenvalue weighted by Gasteiger charge is -2.16. The first-order chi connectivity index (χ1) is 9.85. The van der Waals surface area contributed by atoms with E-state index in [1.54, 1.807) is 7.11 Å². The van der Waals surface area contributed by atoms with Gasteiger partial charge in [-0.25, -0.2) is 8.42 Å². The fraction of sp³-hybridized carbons (Fsp3) is 0.571. The molecule has 120 valence electrons. The second kappa shape index (κ2) is 8.21. The van der Waals surface area contributed by atoms with E-state index in [2.05, 4.69) is 0 Å². The first-order valence-electron chi connectivity index (χ1n) is 6.90. The van der Waals surface area contributed by atoms with Crippen LogP contribution in [0.25, 0.3) is 0 Å². The number of quaternary nitrogens is 1. The maximum Gasteiger partial charge on any atom is 0.161 e. The predicted octanol–water partition coefficient (Wildman–Crippen LogP) is 0.0439. The predicted molar refractivity (Wildman–Crippen MR) is 78.8 cm³/mol. The van der Waals surface area contributed by atoms with Gasteiger partial charge in [0.25, 0.3) is 0 Å². The highest BCUT2D eigenvalue weighted by molar-refractivity contribution is 7.85. The summed E-state index contributed by atoms with van der Waals surface area (Å²) in [5.41, 5.74) is 1.07. The molecule has 0 aliphatic rings. The van der Waals surface area contributed by atoms with Crippen molar-refractivity contribution in [2.75, 3.05) is 33.1 Å². The smallest absolute Gasteiger partial charge is 0.161 e. The summed E-state index contributed by atoms with van der Waals surface area (Å²) in [6.45, 7) is 3.83. The molecule has 1 aromatic carbocycles. The second-order valence-electron chi connectivity index (χ2n) is 4.92. The van der Waals surface area contributed by atoms with Crippen LogP contribution < -0.4 is 14.4 Å².